The number of aryl methyl sites for hydroxylation is 3. The molecule has 1 atom stereocenters. The van der Waals surface area contributed by atoms with E-state index in [1.165, 1.54) is 29.5 Å². The Balaban J connectivity index is 1.80. The highest BCUT2D eigenvalue weighted by Gasteiger charge is 2.12. The molecule has 2 aromatic rings. The standard InChI is InChI=1S/C17H19NOS/c1-12-9-16(7-8-17(12)18)20(19)11-13-5-6-14-3-2-4-15(14)10-13/h5-10H,2-4,11,18H2,1H3. The minimum absolute atomic E-state index is 0.580. The third kappa shape index (κ3) is 2.63. The number of hydrogen-bond donors (Lipinski definition) is 1. The van der Waals surface area contributed by atoms with E-state index in [0.29, 0.717) is 5.75 Å². The lowest BCUT2D eigenvalue weighted by atomic mass is 10.1. The van der Waals surface area contributed by atoms with Crippen molar-refractivity contribution in [2.24, 2.45) is 0 Å². The van der Waals surface area contributed by atoms with E-state index < -0.39 is 10.8 Å². The second-order valence-electron chi connectivity index (χ2n) is 5.46. The molecule has 0 aromatic heterocycles. The summed E-state index contributed by atoms with van der Waals surface area (Å²) in [5, 5.41) is 0. The first kappa shape index (κ1) is 13.4. The summed E-state index contributed by atoms with van der Waals surface area (Å²) in [4.78, 5) is 0.859. The van der Waals surface area contributed by atoms with Crippen LogP contribution >= 0.6 is 0 Å². The van der Waals surface area contributed by atoms with Crippen molar-refractivity contribution in [3.05, 3.63) is 58.7 Å². The third-order valence-electron chi connectivity index (χ3n) is 3.96. The fourth-order valence-electron chi connectivity index (χ4n) is 2.74. The maximum absolute atomic E-state index is 12.4. The van der Waals surface area contributed by atoms with Crippen LogP contribution in [-0.2, 0) is 29.4 Å². The molecule has 0 spiro atoms. The summed E-state index contributed by atoms with van der Waals surface area (Å²) in [5.74, 6) is 0.580. The summed E-state index contributed by atoms with van der Waals surface area (Å²) in [6.07, 6.45) is 3.60. The highest BCUT2D eigenvalue weighted by molar-refractivity contribution is 7.84. The zero-order valence-corrected chi connectivity index (χ0v) is 12.5. The van der Waals surface area contributed by atoms with Gasteiger partial charge in [-0.3, -0.25) is 4.21 Å². The molecule has 2 nitrogen and oxygen atoms in total. The van der Waals surface area contributed by atoms with Gasteiger partial charge in [-0.15, -0.1) is 0 Å². The fraction of sp³-hybridized carbons (Fsp3) is 0.294. The topological polar surface area (TPSA) is 43.1 Å². The second-order valence-corrected chi connectivity index (χ2v) is 6.92. The van der Waals surface area contributed by atoms with Crippen molar-refractivity contribution in [3.63, 3.8) is 0 Å². The van der Waals surface area contributed by atoms with Gasteiger partial charge in [0, 0.05) is 10.6 Å². The van der Waals surface area contributed by atoms with Crippen LogP contribution in [0.15, 0.2) is 41.3 Å². The first-order chi connectivity index (χ1) is 9.63. The minimum Gasteiger partial charge on any atom is -0.399 e. The fourth-order valence-corrected chi connectivity index (χ4v) is 3.92. The number of benzene rings is 2. The van der Waals surface area contributed by atoms with Gasteiger partial charge in [0.15, 0.2) is 0 Å². The van der Waals surface area contributed by atoms with Crippen LogP contribution in [0.4, 0.5) is 5.69 Å². The maximum Gasteiger partial charge on any atom is 0.0574 e. The molecule has 0 heterocycles. The highest BCUT2D eigenvalue weighted by Crippen LogP contribution is 2.24. The van der Waals surface area contributed by atoms with E-state index in [-0.39, 0.29) is 0 Å². The van der Waals surface area contributed by atoms with Gasteiger partial charge in [-0.25, -0.2) is 0 Å². The highest BCUT2D eigenvalue weighted by atomic mass is 32.2. The van der Waals surface area contributed by atoms with Crippen LogP contribution in [0.25, 0.3) is 0 Å². The van der Waals surface area contributed by atoms with Crippen molar-refractivity contribution in [1.82, 2.24) is 0 Å². The molecule has 1 aliphatic rings. The van der Waals surface area contributed by atoms with Crippen molar-refractivity contribution in [2.75, 3.05) is 5.73 Å². The first-order valence-corrected chi connectivity index (χ1v) is 8.30. The summed E-state index contributed by atoms with van der Waals surface area (Å²) in [6.45, 7) is 1.95. The van der Waals surface area contributed by atoms with E-state index in [2.05, 4.69) is 18.2 Å². The van der Waals surface area contributed by atoms with E-state index in [1.807, 2.05) is 25.1 Å². The molecule has 104 valence electrons. The van der Waals surface area contributed by atoms with E-state index in [4.69, 9.17) is 5.73 Å². The van der Waals surface area contributed by atoms with Crippen LogP contribution in [-0.4, -0.2) is 4.21 Å². The van der Waals surface area contributed by atoms with Crippen molar-refractivity contribution in [2.45, 2.75) is 36.8 Å². The van der Waals surface area contributed by atoms with Gasteiger partial charge in [-0.2, -0.15) is 0 Å². The molecule has 1 aliphatic carbocycles. The normalized spacial score (nSPS) is 15.1. The molecule has 0 saturated carbocycles. The molecule has 0 fully saturated rings. The van der Waals surface area contributed by atoms with Gasteiger partial charge in [-0.1, -0.05) is 18.2 Å². The monoisotopic (exact) mass is 285 g/mol. The molecule has 3 heteroatoms. The Morgan fingerprint density at radius 3 is 2.70 bits per heavy atom. The minimum atomic E-state index is -1.00. The average Bonchev–Trinajstić information content (AvgIpc) is 2.89. The lowest BCUT2D eigenvalue weighted by Crippen LogP contribution is -1.99. The molecular weight excluding hydrogens is 266 g/mol. The van der Waals surface area contributed by atoms with E-state index in [0.717, 1.165) is 22.6 Å². The summed E-state index contributed by atoms with van der Waals surface area (Å²) < 4.78 is 12.4. The maximum atomic E-state index is 12.4. The van der Waals surface area contributed by atoms with Gasteiger partial charge in [-0.05, 0) is 66.6 Å². The van der Waals surface area contributed by atoms with Gasteiger partial charge >= 0.3 is 0 Å². The first-order valence-electron chi connectivity index (χ1n) is 6.98. The number of fused-ring (bicyclic) bond motifs is 1. The van der Waals surface area contributed by atoms with E-state index in [1.54, 1.807) is 0 Å². The lowest BCUT2D eigenvalue weighted by Gasteiger charge is -2.07. The van der Waals surface area contributed by atoms with Crippen molar-refractivity contribution >= 4 is 16.5 Å². The average molecular weight is 285 g/mol. The lowest BCUT2D eigenvalue weighted by molar-refractivity contribution is 0.682. The Kier molecular flexibility index (Phi) is 3.62. The number of anilines is 1. The van der Waals surface area contributed by atoms with Crippen molar-refractivity contribution in [1.29, 1.82) is 0 Å². The Hall–Kier alpha value is -1.61. The largest absolute Gasteiger partial charge is 0.399 e. The van der Waals surface area contributed by atoms with E-state index in [9.17, 15) is 4.21 Å². The third-order valence-corrected chi connectivity index (χ3v) is 5.34. The molecule has 0 amide bonds. The number of rotatable bonds is 3. The summed E-state index contributed by atoms with van der Waals surface area (Å²) in [6, 6.07) is 12.2. The predicted octanol–water partition coefficient (Wildman–Crippen LogP) is 3.37. The van der Waals surface area contributed by atoms with Gasteiger partial charge in [0.1, 0.15) is 0 Å². The van der Waals surface area contributed by atoms with Crippen LogP contribution in [0.5, 0.6) is 0 Å². The number of nitrogens with two attached hydrogens (primary N) is 1. The van der Waals surface area contributed by atoms with Crippen LogP contribution in [0.3, 0.4) is 0 Å². The molecule has 3 rings (SSSR count). The molecular formula is C17H19NOS. The van der Waals surface area contributed by atoms with Gasteiger partial charge < -0.3 is 5.73 Å². The number of hydrogen-bond acceptors (Lipinski definition) is 2. The molecule has 0 aliphatic heterocycles. The molecule has 2 N–H and O–H groups in total. The number of nitrogen functional groups attached to an aromatic ring is 1. The Bertz CT molecular complexity index is 679. The van der Waals surface area contributed by atoms with Crippen molar-refractivity contribution in [3.8, 4) is 0 Å². The summed E-state index contributed by atoms with van der Waals surface area (Å²) >= 11 is 0. The summed E-state index contributed by atoms with van der Waals surface area (Å²) in [7, 11) is -1.00. The summed E-state index contributed by atoms with van der Waals surface area (Å²) in [5.41, 5.74) is 11.6. The molecule has 20 heavy (non-hydrogen) atoms. The molecule has 0 bridgehead atoms. The van der Waals surface area contributed by atoms with Crippen LogP contribution in [0, 0.1) is 6.92 Å². The predicted molar refractivity (Wildman–Crippen MR) is 84.2 cm³/mol. The Morgan fingerprint density at radius 1 is 1.10 bits per heavy atom. The van der Waals surface area contributed by atoms with Crippen LogP contribution < -0.4 is 5.73 Å². The molecule has 2 aromatic carbocycles. The van der Waals surface area contributed by atoms with Crippen LogP contribution in [0.2, 0.25) is 0 Å². The van der Waals surface area contributed by atoms with E-state index >= 15 is 0 Å². The van der Waals surface area contributed by atoms with Crippen molar-refractivity contribution < 1.29 is 4.21 Å². The molecule has 0 radical (unpaired) electrons. The zero-order chi connectivity index (χ0) is 14.1. The molecule has 1 unspecified atom stereocenters. The van der Waals surface area contributed by atoms with Gasteiger partial charge in [0.2, 0.25) is 0 Å². The Labute approximate surface area is 122 Å². The smallest absolute Gasteiger partial charge is 0.0574 e. The van der Waals surface area contributed by atoms with Crippen LogP contribution in [0.1, 0.15) is 28.7 Å². The Morgan fingerprint density at radius 2 is 1.90 bits per heavy atom. The van der Waals surface area contributed by atoms with Gasteiger partial charge in [0.25, 0.3) is 0 Å². The zero-order valence-electron chi connectivity index (χ0n) is 11.7. The quantitative estimate of drug-likeness (QED) is 0.879. The second kappa shape index (κ2) is 5.41. The van der Waals surface area contributed by atoms with Gasteiger partial charge in [0.05, 0.1) is 16.6 Å². The molecule has 0 saturated heterocycles. The SMILES string of the molecule is Cc1cc(S(=O)Cc2ccc3c(c2)CCC3)ccc1N.